The molecule has 1 aromatic heterocycles. The van der Waals surface area contributed by atoms with E-state index in [1.54, 1.807) is 12.5 Å². The average molecular weight is 272 g/mol. The molecule has 5 heteroatoms. The Labute approximate surface area is 97.8 Å². The number of rotatable bonds is 1. The molecule has 0 spiro atoms. The lowest BCUT2D eigenvalue weighted by molar-refractivity contribution is 0.0820. The van der Waals surface area contributed by atoms with Gasteiger partial charge in [0.05, 0.1) is 10.6 Å². The molecule has 0 aliphatic carbocycles. The van der Waals surface area contributed by atoms with Gasteiger partial charge in [-0.2, -0.15) is 0 Å². The minimum absolute atomic E-state index is 0.259. The largest absolute Gasteiger partial charge is 0.377 e. The van der Waals surface area contributed by atoms with Crippen LogP contribution in [0.3, 0.4) is 0 Å². The molecule has 1 unspecified atom stereocenters. The average Bonchev–Trinajstić information content (AvgIpc) is 2.43. The molecule has 0 amide bonds. The van der Waals surface area contributed by atoms with Gasteiger partial charge in [0.25, 0.3) is 0 Å². The van der Waals surface area contributed by atoms with Crippen LogP contribution in [0.2, 0.25) is 0 Å². The number of anilines is 1. The summed E-state index contributed by atoms with van der Waals surface area (Å²) in [6.45, 7) is 4.79. The quantitative estimate of drug-likeness (QED) is 0.782. The van der Waals surface area contributed by atoms with Crippen molar-refractivity contribution < 1.29 is 4.74 Å². The fourth-order valence-corrected chi connectivity index (χ4v) is 2.20. The van der Waals surface area contributed by atoms with Crippen molar-refractivity contribution in [1.82, 2.24) is 9.97 Å². The summed E-state index contributed by atoms with van der Waals surface area (Å²) >= 11 is 3.47. The monoisotopic (exact) mass is 271 g/mol. The molecule has 4 nitrogen and oxygen atoms in total. The summed E-state index contributed by atoms with van der Waals surface area (Å²) in [5, 5.41) is 0. The second kappa shape index (κ2) is 4.90. The minimum Gasteiger partial charge on any atom is -0.377 e. The van der Waals surface area contributed by atoms with Crippen molar-refractivity contribution in [3.63, 3.8) is 0 Å². The molecule has 1 aliphatic heterocycles. The standard InChI is InChI=1S/C10H14BrN3O/c1-8-6-14(3-2-4-15-8)10-9(11)5-12-7-13-10/h5,7-8H,2-4,6H2,1H3. The Morgan fingerprint density at radius 3 is 3.27 bits per heavy atom. The van der Waals surface area contributed by atoms with Crippen molar-refractivity contribution in [1.29, 1.82) is 0 Å². The zero-order valence-electron chi connectivity index (χ0n) is 8.69. The van der Waals surface area contributed by atoms with Crippen molar-refractivity contribution >= 4 is 21.7 Å². The van der Waals surface area contributed by atoms with Crippen LogP contribution in [0.5, 0.6) is 0 Å². The molecule has 1 aliphatic rings. The highest BCUT2D eigenvalue weighted by molar-refractivity contribution is 9.10. The van der Waals surface area contributed by atoms with Crippen molar-refractivity contribution in [3.05, 3.63) is 17.0 Å². The van der Waals surface area contributed by atoms with Crippen LogP contribution in [0.4, 0.5) is 5.82 Å². The molecule has 0 saturated carbocycles. The van der Waals surface area contributed by atoms with Gasteiger partial charge in [-0.1, -0.05) is 0 Å². The highest BCUT2D eigenvalue weighted by Crippen LogP contribution is 2.23. The van der Waals surface area contributed by atoms with Gasteiger partial charge >= 0.3 is 0 Å². The number of nitrogens with zero attached hydrogens (tertiary/aromatic N) is 3. The first-order valence-corrected chi connectivity index (χ1v) is 5.88. The highest BCUT2D eigenvalue weighted by Gasteiger charge is 2.17. The van der Waals surface area contributed by atoms with Gasteiger partial charge in [-0.25, -0.2) is 9.97 Å². The molecule has 2 heterocycles. The van der Waals surface area contributed by atoms with Crippen LogP contribution >= 0.6 is 15.9 Å². The zero-order valence-corrected chi connectivity index (χ0v) is 10.3. The normalized spacial score (nSPS) is 22.5. The summed E-state index contributed by atoms with van der Waals surface area (Å²) < 4.78 is 6.54. The molecular formula is C10H14BrN3O. The highest BCUT2D eigenvalue weighted by atomic mass is 79.9. The number of hydrogen-bond acceptors (Lipinski definition) is 4. The molecule has 1 saturated heterocycles. The first-order chi connectivity index (χ1) is 7.27. The van der Waals surface area contributed by atoms with E-state index in [9.17, 15) is 0 Å². The van der Waals surface area contributed by atoms with Gasteiger partial charge in [0, 0.05) is 25.9 Å². The second-order valence-corrected chi connectivity index (χ2v) is 4.53. The lowest BCUT2D eigenvalue weighted by atomic mass is 10.3. The van der Waals surface area contributed by atoms with E-state index in [1.165, 1.54) is 0 Å². The number of aromatic nitrogens is 2. The van der Waals surface area contributed by atoms with Crippen LogP contribution in [0.1, 0.15) is 13.3 Å². The van der Waals surface area contributed by atoms with Crippen molar-refractivity contribution in [2.75, 3.05) is 24.6 Å². The smallest absolute Gasteiger partial charge is 0.146 e. The molecule has 15 heavy (non-hydrogen) atoms. The predicted octanol–water partition coefficient (Wildman–Crippen LogP) is 1.85. The number of halogens is 1. The van der Waals surface area contributed by atoms with Gasteiger partial charge in [0.2, 0.25) is 0 Å². The third-order valence-corrected chi connectivity index (χ3v) is 2.96. The van der Waals surface area contributed by atoms with E-state index < -0.39 is 0 Å². The van der Waals surface area contributed by atoms with Gasteiger partial charge in [0.15, 0.2) is 0 Å². The van der Waals surface area contributed by atoms with Crippen LogP contribution in [-0.2, 0) is 4.74 Å². The van der Waals surface area contributed by atoms with Gasteiger partial charge in [-0.05, 0) is 29.3 Å². The SMILES string of the molecule is CC1CN(c2ncncc2Br)CCCO1. The number of hydrogen-bond donors (Lipinski definition) is 0. The second-order valence-electron chi connectivity index (χ2n) is 3.68. The molecule has 1 atom stereocenters. The zero-order chi connectivity index (χ0) is 10.7. The van der Waals surface area contributed by atoms with E-state index in [4.69, 9.17) is 4.74 Å². The Balaban J connectivity index is 2.18. The van der Waals surface area contributed by atoms with Crippen LogP contribution in [0, 0.1) is 0 Å². The van der Waals surface area contributed by atoms with E-state index in [0.29, 0.717) is 0 Å². The molecule has 0 radical (unpaired) electrons. The summed E-state index contributed by atoms with van der Waals surface area (Å²) in [5.74, 6) is 0.961. The number of ether oxygens (including phenoxy) is 1. The van der Waals surface area contributed by atoms with Crippen molar-refractivity contribution in [2.45, 2.75) is 19.4 Å². The Bertz CT molecular complexity index is 334. The third kappa shape index (κ3) is 2.66. The van der Waals surface area contributed by atoms with Crippen LogP contribution in [0.25, 0.3) is 0 Å². The molecule has 82 valence electrons. The van der Waals surface area contributed by atoms with Crippen molar-refractivity contribution in [2.24, 2.45) is 0 Å². The van der Waals surface area contributed by atoms with Crippen LogP contribution in [0.15, 0.2) is 17.0 Å². The molecule has 1 aromatic rings. The Kier molecular flexibility index (Phi) is 3.53. The Hall–Kier alpha value is -0.680. The molecule has 0 N–H and O–H groups in total. The molecule has 1 fully saturated rings. The van der Waals surface area contributed by atoms with E-state index in [2.05, 4.69) is 37.7 Å². The fourth-order valence-electron chi connectivity index (χ4n) is 1.73. The lowest BCUT2D eigenvalue weighted by Gasteiger charge is -2.23. The van der Waals surface area contributed by atoms with Crippen LogP contribution in [-0.4, -0.2) is 35.8 Å². The lowest BCUT2D eigenvalue weighted by Crippen LogP contribution is -2.31. The maximum atomic E-state index is 5.59. The maximum absolute atomic E-state index is 5.59. The predicted molar refractivity (Wildman–Crippen MR) is 62.0 cm³/mol. The Morgan fingerprint density at radius 1 is 1.60 bits per heavy atom. The summed E-state index contributed by atoms with van der Waals surface area (Å²) in [6.07, 6.45) is 4.66. The van der Waals surface area contributed by atoms with Gasteiger partial charge in [0.1, 0.15) is 12.1 Å². The van der Waals surface area contributed by atoms with Gasteiger partial charge < -0.3 is 9.64 Å². The molecule has 2 rings (SSSR count). The first-order valence-electron chi connectivity index (χ1n) is 5.09. The van der Waals surface area contributed by atoms with E-state index in [-0.39, 0.29) is 6.10 Å². The first kappa shape index (κ1) is 10.8. The van der Waals surface area contributed by atoms with E-state index >= 15 is 0 Å². The topological polar surface area (TPSA) is 38.2 Å². The third-order valence-electron chi connectivity index (χ3n) is 2.40. The summed E-state index contributed by atoms with van der Waals surface area (Å²) in [6, 6.07) is 0. The summed E-state index contributed by atoms with van der Waals surface area (Å²) in [4.78, 5) is 10.5. The molecule has 0 bridgehead atoms. The Morgan fingerprint density at radius 2 is 2.47 bits per heavy atom. The van der Waals surface area contributed by atoms with Gasteiger partial charge in [-0.15, -0.1) is 0 Å². The minimum atomic E-state index is 0.259. The fraction of sp³-hybridized carbons (Fsp3) is 0.600. The van der Waals surface area contributed by atoms with E-state index in [1.807, 2.05) is 0 Å². The van der Waals surface area contributed by atoms with E-state index in [0.717, 1.165) is 36.4 Å². The summed E-state index contributed by atoms with van der Waals surface area (Å²) in [5.41, 5.74) is 0. The molecular weight excluding hydrogens is 258 g/mol. The summed E-state index contributed by atoms with van der Waals surface area (Å²) in [7, 11) is 0. The van der Waals surface area contributed by atoms with Crippen molar-refractivity contribution in [3.8, 4) is 0 Å². The molecule has 0 aromatic carbocycles. The van der Waals surface area contributed by atoms with Crippen LogP contribution < -0.4 is 4.90 Å². The maximum Gasteiger partial charge on any atom is 0.146 e. The van der Waals surface area contributed by atoms with Gasteiger partial charge in [-0.3, -0.25) is 0 Å².